The lowest BCUT2D eigenvalue weighted by atomic mass is 10.0. The normalized spacial score (nSPS) is 17.3. The number of hydrogen-bond donors (Lipinski definition) is 5. The number of likely N-dealkylation sites (N-methyl/N-ethyl adjacent to an activating group) is 1. The van der Waals surface area contributed by atoms with E-state index in [0.29, 0.717) is 109 Å². The average Bonchev–Trinajstić information content (AvgIpc) is 3.90. The van der Waals surface area contributed by atoms with Crippen molar-refractivity contribution in [2.45, 2.75) is 64.3 Å². The number of thiophene rings is 1. The Labute approximate surface area is 403 Å². The van der Waals surface area contributed by atoms with E-state index in [4.69, 9.17) is 35.5 Å². The Balaban J connectivity index is 0.734. The van der Waals surface area contributed by atoms with Crippen molar-refractivity contribution in [2.75, 3.05) is 93.9 Å². The topological polar surface area (TPSA) is 233 Å². The first kappa shape index (κ1) is 50.1. The van der Waals surface area contributed by atoms with E-state index in [0.717, 1.165) is 10.4 Å². The van der Waals surface area contributed by atoms with Crippen LogP contribution in [0.5, 0.6) is 5.75 Å². The molecular formula is C46H57ClN10O10S. The maximum absolute atomic E-state index is 13.3. The van der Waals surface area contributed by atoms with Crippen LogP contribution in [-0.4, -0.2) is 130 Å². The van der Waals surface area contributed by atoms with Crippen LogP contribution in [0.4, 0.5) is 28.8 Å². The third-order valence-electron chi connectivity index (χ3n) is 11.7. The van der Waals surface area contributed by atoms with Gasteiger partial charge >= 0.3 is 0 Å². The molecule has 1 saturated heterocycles. The SMILES string of the molecule is CCC1C(=O)N(C)c2cnc(Nc3ccc(C[NH+]([O-])CCOCCOCCOCCNCCC(=O)Nc4cccc5c4CN(C4CCC(=O)NC4=O)C5=O)cc3OC)nc2N1Cc1ccc(Cl)s1. The van der Waals surface area contributed by atoms with Gasteiger partial charge in [-0.05, 0) is 49.2 Å². The number of anilines is 5. The van der Waals surface area contributed by atoms with Crippen molar-refractivity contribution in [3.8, 4) is 5.75 Å². The molecule has 5 N–H and O–H groups in total. The average molecular weight is 978 g/mol. The molecule has 1 fully saturated rings. The summed E-state index contributed by atoms with van der Waals surface area (Å²) in [4.78, 5) is 78.4. The highest BCUT2D eigenvalue weighted by Crippen LogP contribution is 2.38. The Morgan fingerprint density at radius 1 is 1.00 bits per heavy atom. The van der Waals surface area contributed by atoms with Crippen molar-refractivity contribution in [3.63, 3.8) is 0 Å². The minimum Gasteiger partial charge on any atom is -0.634 e. The second-order valence-corrected chi connectivity index (χ2v) is 18.1. The number of hydrogen-bond acceptors (Lipinski definition) is 16. The number of carbonyl (C=O) groups is 5. The molecule has 5 heterocycles. The van der Waals surface area contributed by atoms with Crippen molar-refractivity contribution in [3.05, 3.63) is 85.8 Å². The predicted octanol–water partition coefficient (Wildman–Crippen LogP) is 3.02. The minimum atomic E-state index is -0.728. The van der Waals surface area contributed by atoms with E-state index < -0.39 is 18.0 Å². The predicted molar refractivity (Wildman–Crippen MR) is 255 cm³/mol. The van der Waals surface area contributed by atoms with E-state index >= 15 is 0 Å². The van der Waals surface area contributed by atoms with Crippen LogP contribution < -0.4 is 40.9 Å². The number of amides is 5. The number of methoxy groups -OCH3 is 1. The monoisotopic (exact) mass is 976 g/mol. The lowest BCUT2D eigenvalue weighted by Crippen LogP contribution is -3.06. The number of piperidine rings is 1. The second kappa shape index (κ2) is 24.0. The van der Waals surface area contributed by atoms with Gasteiger partial charge in [0.2, 0.25) is 29.6 Å². The van der Waals surface area contributed by atoms with Gasteiger partial charge < -0.3 is 59.9 Å². The highest BCUT2D eigenvalue weighted by Gasteiger charge is 2.40. The summed E-state index contributed by atoms with van der Waals surface area (Å²) in [5.74, 6) is 0.0991. The molecule has 0 spiro atoms. The summed E-state index contributed by atoms with van der Waals surface area (Å²) in [5, 5.41) is 24.4. The number of benzene rings is 2. The summed E-state index contributed by atoms with van der Waals surface area (Å²) in [6.07, 6.45) is 2.87. The molecule has 2 aromatic carbocycles. The fraction of sp³-hybridized carbons (Fsp3) is 0.457. The molecule has 364 valence electrons. The molecule has 5 amide bonds. The summed E-state index contributed by atoms with van der Waals surface area (Å²) >= 11 is 7.68. The van der Waals surface area contributed by atoms with Gasteiger partial charge in [0.15, 0.2) is 5.82 Å². The molecular weight excluding hydrogens is 920 g/mol. The highest BCUT2D eigenvalue weighted by molar-refractivity contribution is 7.16. The zero-order valence-electron chi connectivity index (χ0n) is 38.3. The fourth-order valence-corrected chi connectivity index (χ4v) is 9.27. The van der Waals surface area contributed by atoms with Crippen LogP contribution >= 0.6 is 22.9 Å². The molecule has 7 rings (SSSR count). The third-order valence-corrected chi connectivity index (χ3v) is 12.9. The maximum Gasteiger partial charge on any atom is 0.255 e. The van der Waals surface area contributed by atoms with Gasteiger partial charge in [0.05, 0.1) is 69.5 Å². The van der Waals surface area contributed by atoms with Gasteiger partial charge in [-0.25, -0.2) is 4.98 Å². The van der Waals surface area contributed by atoms with Crippen LogP contribution in [0.25, 0.3) is 0 Å². The van der Waals surface area contributed by atoms with Crippen molar-refractivity contribution >= 4 is 81.3 Å². The molecule has 0 radical (unpaired) electrons. The number of nitrogens with one attached hydrogen (secondary N) is 5. The van der Waals surface area contributed by atoms with E-state index in [1.54, 1.807) is 43.5 Å². The first-order valence-corrected chi connectivity index (χ1v) is 23.7. The molecule has 22 heteroatoms. The first-order valence-electron chi connectivity index (χ1n) is 22.6. The van der Waals surface area contributed by atoms with Crippen molar-refractivity contribution in [1.29, 1.82) is 0 Å². The van der Waals surface area contributed by atoms with Crippen molar-refractivity contribution in [1.82, 2.24) is 25.5 Å². The molecule has 3 atom stereocenters. The minimum absolute atomic E-state index is 0.0164. The highest BCUT2D eigenvalue weighted by atomic mass is 35.5. The number of hydroxylamine groups is 2. The Hall–Kier alpha value is -5.78. The summed E-state index contributed by atoms with van der Waals surface area (Å²) in [6.45, 7) is 6.17. The smallest absolute Gasteiger partial charge is 0.255 e. The lowest BCUT2D eigenvalue weighted by molar-refractivity contribution is -0.863. The number of rotatable bonds is 25. The number of imide groups is 1. The van der Waals surface area contributed by atoms with Gasteiger partial charge in [0.25, 0.3) is 5.91 Å². The van der Waals surface area contributed by atoms with E-state index in [1.165, 1.54) is 16.2 Å². The van der Waals surface area contributed by atoms with E-state index in [1.807, 2.05) is 42.2 Å². The molecule has 0 bridgehead atoms. The number of quaternary nitrogens is 1. The van der Waals surface area contributed by atoms with Gasteiger partial charge in [-0.3, -0.25) is 29.3 Å². The Kier molecular flexibility index (Phi) is 17.7. The van der Waals surface area contributed by atoms with Crippen molar-refractivity contribution < 1.29 is 48.0 Å². The number of halogens is 1. The van der Waals surface area contributed by atoms with Crippen LogP contribution in [-0.2, 0) is 53.0 Å². The van der Waals surface area contributed by atoms with Crippen LogP contribution in [0.1, 0.15) is 59.0 Å². The summed E-state index contributed by atoms with van der Waals surface area (Å²) in [6, 6.07) is 13.2. The molecule has 20 nitrogen and oxygen atoms in total. The largest absolute Gasteiger partial charge is 0.634 e. The summed E-state index contributed by atoms with van der Waals surface area (Å²) in [5.41, 5.74) is 3.62. The molecule has 3 aliphatic heterocycles. The zero-order valence-corrected chi connectivity index (χ0v) is 39.8. The van der Waals surface area contributed by atoms with Crippen LogP contribution in [0.3, 0.4) is 0 Å². The summed E-state index contributed by atoms with van der Waals surface area (Å²) in [7, 11) is 3.29. The lowest BCUT2D eigenvalue weighted by Gasteiger charge is -2.40. The van der Waals surface area contributed by atoms with Gasteiger partial charge in [-0.15, -0.1) is 11.3 Å². The molecule has 68 heavy (non-hydrogen) atoms. The van der Waals surface area contributed by atoms with Gasteiger partial charge in [-0.1, -0.05) is 30.7 Å². The summed E-state index contributed by atoms with van der Waals surface area (Å²) < 4.78 is 23.2. The van der Waals surface area contributed by atoms with Crippen LogP contribution in [0.15, 0.2) is 54.7 Å². The van der Waals surface area contributed by atoms with Gasteiger partial charge in [-0.2, -0.15) is 4.98 Å². The number of fused-ring (bicyclic) bond motifs is 2. The maximum atomic E-state index is 13.3. The number of carbonyl (C=O) groups excluding carboxylic acids is 5. The Bertz CT molecular complexity index is 2440. The fourth-order valence-electron chi connectivity index (χ4n) is 8.18. The zero-order chi connectivity index (χ0) is 48.2. The standard InChI is InChI=1S/C46H57ClN10O10S/c1-4-35-45(62)54(2)37-25-49-46(53-42(37)56(35)27-30-9-12-39(47)68-30)51-34-10-8-29(24-38(34)64-3)26-55(63)17-19-66-21-23-67-22-20-65-18-16-48-15-14-41(59)50-33-7-5-6-31-32(33)28-57(44(31)61)36-11-13-40(58)52-43(36)60/h5-10,12,24-25,35-36,48,55H,4,11,13-23,26-28H2,1-3H3,(H,50,59)(H,49,51,53)(H,52,58,60). The molecule has 4 aromatic rings. The van der Waals surface area contributed by atoms with E-state index in [2.05, 4.69) is 26.3 Å². The van der Waals surface area contributed by atoms with Gasteiger partial charge in [0.1, 0.15) is 36.6 Å². The second-order valence-electron chi connectivity index (χ2n) is 16.3. The molecule has 3 unspecified atom stereocenters. The van der Waals surface area contributed by atoms with E-state index in [-0.39, 0.29) is 74.2 Å². The van der Waals surface area contributed by atoms with Crippen LogP contribution in [0, 0.1) is 5.21 Å². The number of aromatic nitrogens is 2. The Morgan fingerprint density at radius 3 is 2.51 bits per heavy atom. The number of ether oxygens (including phenoxy) is 4. The number of nitrogens with zero attached hydrogens (tertiary/aromatic N) is 5. The van der Waals surface area contributed by atoms with E-state index in [9.17, 15) is 29.2 Å². The molecule has 0 aliphatic carbocycles. The van der Waals surface area contributed by atoms with Crippen LogP contribution in [0.2, 0.25) is 4.34 Å². The Morgan fingerprint density at radius 2 is 1.78 bits per heavy atom. The molecule has 3 aliphatic rings. The van der Waals surface area contributed by atoms with Crippen molar-refractivity contribution in [2.24, 2.45) is 0 Å². The molecule has 2 aromatic heterocycles. The van der Waals surface area contributed by atoms with Gasteiger partial charge in [0, 0.05) is 66.8 Å². The quantitative estimate of drug-likeness (QED) is 0.0365. The third kappa shape index (κ3) is 12.6. The molecule has 0 saturated carbocycles. The first-order chi connectivity index (χ1) is 32.9.